The van der Waals surface area contributed by atoms with Crippen LogP contribution < -0.4 is 5.73 Å². The molecule has 0 saturated carbocycles. The Bertz CT molecular complexity index is 1390. The molecule has 2 unspecified atom stereocenters. The van der Waals surface area contributed by atoms with Crippen LogP contribution in [0.2, 0.25) is 0 Å². The van der Waals surface area contributed by atoms with Gasteiger partial charge in [-0.25, -0.2) is 4.57 Å². The zero-order valence-corrected chi connectivity index (χ0v) is 40.4. The van der Waals surface area contributed by atoms with Gasteiger partial charge in [0, 0.05) is 19.4 Å². The Kier molecular flexibility index (Phi) is 45.6. The van der Waals surface area contributed by atoms with Gasteiger partial charge >= 0.3 is 19.8 Å². The number of ether oxygens (including phenoxy) is 2. The number of unbranched alkanes of at least 4 members (excludes halogenated alkanes) is 13. The van der Waals surface area contributed by atoms with Crippen LogP contribution in [0.3, 0.4) is 0 Å². The molecular weight excluding hydrogens is 810 g/mol. The quantitative estimate of drug-likeness (QED) is 0.0265. The highest BCUT2D eigenvalue weighted by molar-refractivity contribution is 7.47. The first-order chi connectivity index (χ1) is 30.8. The normalized spacial score (nSPS) is 14.2. The van der Waals surface area contributed by atoms with Gasteiger partial charge in [0.1, 0.15) is 6.61 Å². The van der Waals surface area contributed by atoms with E-state index in [0.29, 0.717) is 6.42 Å². The van der Waals surface area contributed by atoms with Crippen LogP contribution in [0.15, 0.2) is 109 Å². The highest BCUT2D eigenvalue weighted by atomic mass is 31.2. The second kappa shape index (κ2) is 48.1. The standard InChI is InChI=1S/C53H88NO8P/c1-3-5-7-9-11-13-14-15-16-17-18-19-20-21-22-23-24-25-26-27-28-29-30-31-32-33-34-35-36-38-40-42-44-46-53(56)62-51(50-61-63(57,58)60-48-47-54)49-59-52(55)45-43-41-39-37-12-10-8-6-4-2/h5,7,11,13,15-16,18-19,21-22,24-25,27-28,30-31,33-34,51H,3-4,6,8-10,12,14,17,20,23,26,29,32,35-50,54H2,1-2H3,(H,57,58)/b7-5-,13-11-,16-15-,19-18-,22-21-,25-24-,28-27-,31-30-,34-33-. The summed E-state index contributed by atoms with van der Waals surface area (Å²) in [5.74, 6) is -0.862. The SMILES string of the molecule is CC/C=C\C/C=C\C/C=C\C/C=C\C/C=C\C/C=C\C/C=C\C/C=C\C/C=C\CCCCCCCC(=O)OC(COC(=O)CCCCCCCCCCC)COP(=O)(O)OCCN. The molecule has 0 aromatic rings. The second-order valence-corrected chi connectivity index (χ2v) is 17.1. The largest absolute Gasteiger partial charge is 0.472 e. The molecule has 0 radical (unpaired) electrons. The summed E-state index contributed by atoms with van der Waals surface area (Å²) in [7, 11) is -4.39. The van der Waals surface area contributed by atoms with E-state index in [1.54, 1.807) is 0 Å². The maximum absolute atomic E-state index is 12.6. The van der Waals surface area contributed by atoms with Crippen molar-refractivity contribution < 1.29 is 37.6 Å². The summed E-state index contributed by atoms with van der Waals surface area (Å²) in [6, 6.07) is 0. The van der Waals surface area contributed by atoms with Crippen molar-refractivity contribution in [2.24, 2.45) is 5.73 Å². The predicted octanol–water partition coefficient (Wildman–Crippen LogP) is 14.7. The van der Waals surface area contributed by atoms with Gasteiger partial charge in [-0.2, -0.15) is 0 Å². The zero-order chi connectivity index (χ0) is 46.0. The Morgan fingerprint density at radius 2 is 0.873 bits per heavy atom. The van der Waals surface area contributed by atoms with Crippen molar-refractivity contribution in [3.63, 3.8) is 0 Å². The number of allylic oxidation sites excluding steroid dienone is 18. The van der Waals surface area contributed by atoms with Crippen LogP contribution in [0.1, 0.15) is 181 Å². The first-order valence-electron chi connectivity index (χ1n) is 24.4. The number of hydrogen-bond acceptors (Lipinski definition) is 8. The Labute approximate surface area is 384 Å². The van der Waals surface area contributed by atoms with Gasteiger partial charge in [0.05, 0.1) is 13.2 Å². The number of nitrogens with two attached hydrogens (primary N) is 1. The molecule has 0 spiro atoms. The van der Waals surface area contributed by atoms with Gasteiger partial charge in [-0.15, -0.1) is 0 Å². The number of carbonyl (C=O) groups excluding carboxylic acids is 2. The molecule has 0 aromatic heterocycles. The van der Waals surface area contributed by atoms with E-state index in [0.717, 1.165) is 109 Å². The first kappa shape index (κ1) is 59.7. The molecule has 0 aliphatic rings. The van der Waals surface area contributed by atoms with E-state index in [4.69, 9.17) is 24.3 Å². The summed E-state index contributed by atoms with van der Waals surface area (Å²) in [4.78, 5) is 34.8. The van der Waals surface area contributed by atoms with Crippen LogP contribution in [-0.2, 0) is 32.7 Å². The number of esters is 2. The maximum Gasteiger partial charge on any atom is 0.472 e. The number of hydrogen-bond donors (Lipinski definition) is 2. The molecule has 0 aliphatic carbocycles. The van der Waals surface area contributed by atoms with Crippen LogP contribution in [0, 0.1) is 0 Å². The van der Waals surface area contributed by atoms with Crippen molar-refractivity contribution in [3.05, 3.63) is 109 Å². The average molecular weight is 898 g/mol. The molecule has 358 valence electrons. The van der Waals surface area contributed by atoms with Crippen molar-refractivity contribution in [1.82, 2.24) is 0 Å². The predicted molar refractivity (Wildman–Crippen MR) is 265 cm³/mol. The lowest BCUT2D eigenvalue weighted by molar-refractivity contribution is -0.161. The highest BCUT2D eigenvalue weighted by Gasteiger charge is 2.26. The molecule has 2 atom stereocenters. The van der Waals surface area contributed by atoms with Gasteiger partial charge in [0.2, 0.25) is 0 Å². The van der Waals surface area contributed by atoms with E-state index in [2.05, 4.69) is 123 Å². The Balaban J connectivity index is 4.07. The topological polar surface area (TPSA) is 134 Å². The number of rotatable bonds is 44. The van der Waals surface area contributed by atoms with Crippen LogP contribution in [0.25, 0.3) is 0 Å². The average Bonchev–Trinajstić information content (AvgIpc) is 3.27. The van der Waals surface area contributed by atoms with E-state index >= 15 is 0 Å². The fraction of sp³-hybridized carbons (Fsp3) is 0.623. The van der Waals surface area contributed by atoms with E-state index in [-0.39, 0.29) is 32.6 Å². The van der Waals surface area contributed by atoms with Crippen LogP contribution in [0.4, 0.5) is 0 Å². The molecule has 0 saturated heterocycles. The van der Waals surface area contributed by atoms with E-state index in [1.165, 1.54) is 38.5 Å². The van der Waals surface area contributed by atoms with Crippen molar-refractivity contribution in [3.8, 4) is 0 Å². The second-order valence-electron chi connectivity index (χ2n) is 15.6. The summed E-state index contributed by atoms with van der Waals surface area (Å²) in [5.41, 5.74) is 5.34. The molecule has 0 aliphatic heterocycles. The Morgan fingerprint density at radius 3 is 1.30 bits per heavy atom. The lowest BCUT2D eigenvalue weighted by atomic mass is 10.1. The zero-order valence-electron chi connectivity index (χ0n) is 39.5. The third-order valence-corrected chi connectivity index (χ3v) is 10.7. The van der Waals surface area contributed by atoms with Gasteiger partial charge in [0.15, 0.2) is 6.10 Å². The number of carbonyl (C=O) groups is 2. The molecule has 0 aromatic carbocycles. The van der Waals surface area contributed by atoms with E-state index in [9.17, 15) is 19.0 Å². The molecular formula is C53H88NO8P. The molecule has 0 fully saturated rings. The van der Waals surface area contributed by atoms with Gasteiger partial charge in [-0.05, 0) is 83.5 Å². The van der Waals surface area contributed by atoms with Gasteiger partial charge in [-0.1, -0.05) is 194 Å². The number of phosphoric ester groups is 1. The van der Waals surface area contributed by atoms with Gasteiger partial charge in [-0.3, -0.25) is 18.6 Å². The molecule has 0 amide bonds. The summed E-state index contributed by atoms with van der Waals surface area (Å²) in [6.07, 6.45) is 64.3. The minimum Gasteiger partial charge on any atom is -0.462 e. The highest BCUT2D eigenvalue weighted by Crippen LogP contribution is 2.43. The first-order valence-corrected chi connectivity index (χ1v) is 25.9. The smallest absolute Gasteiger partial charge is 0.462 e. The summed E-state index contributed by atoms with van der Waals surface area (Å²) < 4.78 is 32.7. The number of phosphoric acid groups is 1. The summed E-state index contributed by atoms with van der Waals surface area (Å²) in [5, 5.41) is 0. The molecule has 0 bridgehead atoms. The van der Waals surface area contributed by atoms with Gasteiger partial charge < -0.3 is 20.1 Å². The summed E-state index contributed by atoms with van der Waals surface area (Å²) in [6.45, 7) is 3.55. The van der Waals surface area contributed by atoms with E-state index < -0.39 is 32.5 Å². The van der Waals surface area contributed by atoms with Crippen LogP contribution in [-0.4, -0.2) is 49.3 Å². The molecule has 0 rings (SSSR count). The van der Waals surface area contributed by atoms with E-state index in [1.807, 2.05) is 0 Å². The third kappa shape index (κ3) is 48.0. The Morgan fingerprint density at radius 1 is 0.492 bits per heavy atom. The summed E-state index contributed by atoms with van der Waals surface area (Å²) >= 11 is 0. The minimum absolute atomic E-state index is 0.0450. The Hall–Kier alpha value is -3.33. The molecule has 9 nitrogen and oxygen atoms in total. The van der Waals surface area contributed by atoms with Crippen LogP contribution >= 0.6 is 7.82 Å². The van der Waals surface area contributed by atoms with Crippen LogP contribution in [0.5, 0.6) is 0 Å². The van der Waals surface area contributed by atoms with Crippen molar-refractivity contribution >= 4 is 19.8 Å². The van der Waals surface area contributed by atoms with Crippen molar-refractivity contribution in [2.45, 2.75) is 187 Å². The molecule has 63 heavy (non-hydrogen) atoms. The molecule has 3 N–H and O–H groups in total. The molecule has 10 heteroatoms. The maximum atomic E-state index is 12.6. The van der Waals surface area contributed by atoms with Crippen molar-refractivity contribution in [2.75, 3.05) is 26.4 Å². The lowest BCUT2D eigenvalue weighted by Gasteiger charge is -2.19. The molecule has 0 heterocycles. The van der Waals surface area contributed by atoms with Crippen molar-refractivity contribution in [1.29, 1.82) is 0 Å². The minimum atomic E-state index is -4.39. The van der Waals surface area contributed by atoms with Gasteiger partial charge in [0.25, 0.3) is 0 Å². The fourth-order valence-corrected chi connectivity index (χ4v) is 6.86. The fourth-order valence-electron chi connectivity index (χ4n) is 6.10. The monoisotopic (exact) mass is 898 g/mol. The third-order valence-electron chi connectivity index (χ3n) is 9.67. The lowest BCUT2D eigenvalue weighted by Crippen LogP contribution is -2.29.